The van der Waals surface area contributed by atoms with Gasteiger partial charge in [0, 0.05) is 40.9 Å². The molecule has 0 saturated heterocycles. The van der Waals surface area contributed by atoms with E-state index in [0.717, 1.165) is 31.5 Å². The van der Waals surface area contributed by atoms with Crippen LogP contribution in [0.3, 0.4) is 0 Å². The maximum atomic E-state index is 12.6. The average Bonchev–Trinajstić information content (AvgIpc) is 3.07. The van der Waals surface area contributed by atoms with E-state index in [4.69, 9.17) is 23.2 Å². The Hall–Kier alpha value is -3.50. The Balaban J connectivity index is 1.66. The lowest BCUT2D eigenvalue weighted by Crippen LogP contribution is -2.39. The number of carboxylic acid groups (broad SMARTS) is 1. The fraction of sp³-hybridized carbons (Fsp3) is 0.333. The Labute approximate surface area is 217 Å². The van der Waals surface area contributed by atoms with Gasteiger partial charge < -0.3 is 31.3 Å². The number of rotatable bonds is 8. The zero-order valence-corrected chi connectivity index (χ0v) is 20.7. The minimum absolute atomic E-state index is 0.0275. The Morgan fingerprint density at radius 2 is 1.81 bits per heavy atom. The number of aliphatic carboxylic acids is 1. The first kappa shape index (κ1) is 27.1. The topological polar surface area (TPSA) is 160 Å². The van der Waals surface area contributed by atoms with Crippen molar-refractivity contribution in [2.24, 2.45) is 4.99 Å². The van der Waals surface area contributed by atoms with Crippen molar-refractivity contribution in [3.8, 4) is 11.5 Å². The van der Waals surface area contributed by atoms with Gasteiger partial charge in [-0.25, -0.2) is 0 Å². The van der Waals surface area contributed by atoms with Gasteiger partial charge in [-0.15, -0.1) is 0 Å². The lowest BCUT2D eigenvalue weighted by atomic mass is 10.0. The Morgan fingerprint density at radius 3 is 2.56 bits per heavy atom. The largest absolute Gasteiger partial charge is 0.508 e. The molecule has 0 saturated carbocycles. The van der Waals surface area contributed by atoms with E-state index in [1.54, 1.807) is 0 Å². The fourth-order valence-electron chi connectivity index (χ4n) is 3.73. The zero-order chi connectivity index (χ0) is 26.2. The summed E-state index contributed by atoms with van der Waals surface area (Å²) in [7, 11) is 0. The number of hydrogen-bond donors (Lipinski definition) is 6. The van der Waals surface area contributed by atoms with Gasteiger partial charge in [-0.05, 0) is 37.1 Å². The molecule has 0 radical (unpaired) electrons. The smallest absolute Gasteiger partial charge is 0.305 e. The molecular formula is C24H26Cl2N4O6. The van der Waals surface area contributed by atoms with Gasteiger partial charge in [0.2, 0.25) is 5.91 Å². The van der Waals surface area contributed by atoms with Crippen LogP contribution >= 0.6 is 23.2 Å². The van der Waals surface area contributed by atoms with Crippen LogP contribution < -0.4 is 16.0 Å². The number of aliphatic imine (C=N–C) groups is 1. The van der Waals surface area contributed by atoms with E-state index in [1.807, 2.05) is 0 Å². The summed E-state index contributed by atoms with van der Waals surface area (Å²) in [6.07, 6.45) is 3.30. The maximum Gasteiger partial charge on any atom is 0.305 e. The van der Waals surface area contributed by atoms with Crippen LogP contribution in [0.5, 0.6) is 11.5 Å². The van der Waals surface area contributed by atoms with Gasteiger partial charge in [0.25, 0.3) is 5.91 Å². The fourth-order valence-corrected chi connectivity index (χ4v) is 4.24. The van der Waals surface area contributed by atoms with Crippen molar-refractivity contribution in [2.45, 2.75) is 38.1 Å². The maximum absolute atomic E-state index is 12.6. The minimum atomic E-state index is -1.24. The molecule has 0 spiro atoms. The van der Waals surface area contributed by atoms with Crippen LogP contribution in [0.15, 0.2) is 35.3 Å². The van der Waals surface area contributed by atoms with Gasteiger partial charge in [-0.2, -0.15) is 0 Å². The number of nitrogens with zero attached hydrogens (tertiary/aromatic N) is 1. The molecule has 1 aliphatic heterocycles. The van der Waals surface area contributed by atoms with Gasteiger partial charge in [0.1, 0.15) is 17.3 Å². The van der Waals surface area contributed by atoms with Crippen molar-refractivity contribution in [2.75, 3.05) is 18.4 Å². The number of carbonyl (C=O) groups is 3. The van der Waals surface area contributed by atoms with Gasteiger partial charge in [0.15, 0.2) is 0 Å². The second-order valence-corrected chi connectivity index (χ2v) is 9.10. The third-order valence-corrected chi connectivity index (χ3v) is 5.91. The van der Waals surface area contributed by atoms with E-state index < -0.39 is 42.5 Å². The van der Waals surface area contributed by atoms with Crippen molar-refractivity contribution in [1.29, 1.82) is 0 Å². The highest BCUT2D eigenvalue weighted by Crippen LogP contribution is 2.36. The van der Waals surface area contributed by atoms with E-state index in [9.17, 15) is 29.7 Å². The molecule has 3 rings (SSSR count). The average molecular weight is 537 g/mol. The summed E-state index contributed by atoms with van der Waals surface area (Å²) in [5.74, 6) is -2.35. The summed E-state index contributed by atoms with van der Waals surface area (Å²) < 4.78 is 0. The molecule has 1 unspecified atom stereocenters. The molecule has 36 heavy (non-hydrogen) atoms. The van der Waals surface area contributed by atoms with Crippen molar-refractivity contribution >= 4 is 52.5 Å². The van der Waals surface area contributed by atoms with Crippen molar-refractivity contribution in [3.05, 3.63) is 51.5 Å². The Morgan fingerprint density at radius 1 is 1.03 bits per heavy atom. The molecule has 192 valence electrons. The number of phenolic OH excluding ortho intramolecular Hbond substituents is 2. The first-order chi connectivity index (χ1) is 17.1. The molecule has 0 fully saturated rings. The number of hydrogen-bond acceptors (Lipinski definition) is 7. The molecule has 2 amide bonds. The van der Waals surface area contributed by atoms with Gasteiger partial charge in [0.05, 0.1) is 24.0 Å². The molecule has 2 aromatic rings. The highest BCUT2D eigenvalue weighted by Gasteiger charge is 2.23. The standard InChI is InChI=1S/C24H26Cl2N4O6/c25-14-8-17(23(35)18(26)9-14)19(11-22(33)34)30-21(32)12-28-24(36)13-6-15(10-16(31)7-13)29-20-4-2-1-3-5-27-20/h6-10,19,31,35H,1-5,11-12H2,(H,27,29)(H,28,36)(H,30,32)(H,33,34). The second kappa shape index (κ2) is 12.5. The van der Waals surface area contributed by atoms with Crippen LogP contribution in [0.4, 0.5) is 5.69 Å². The van der Waals surface area contributed by atoms with Gasteiger partial charge >= 0.3 is 5.97 Å². The van der Waals surface area contributed by atoms with Crippen LogP contribution in [0.2, 0.25) is 10.0 Å². The number of anilines is 1. The van der Waals surface area contributed by atoms with Crippen LogP contribution in [0.25, 0.3) is 0 Å². The van der Waals surface area contributed by atoms with Gasteiger partial charge in [-0.3, -0.25) is 19.4 Å². The predicted molar refractivity (Wildman–Crippen MR) is 136 cm³/mol. The number of amidine groups is 1. The number of benzene rings is 2. The number of carboxylic acids is 1. The lowest BCUT2D eigenvalue weighted by Gasteiger charge is -2.19. The summed E-state index contributed by atoms with van der Waals surface area (Å²) in [5, 5.41) is 37.6. The molecule has 0 bridgehead atoms. The van der Waals surface area contributed by atoms with E-state index in [-0.39, 0.29) is 26.9 Å². The third kappa shape index (κ3) is 7.76. The summed E-state index contributed by atoms with van der Waals surface area (Å²) in [6.45, 7) is 0.223. The van der Waals surface area contributed by atoms with Crippen LogP contribution in [0.1, 0.15) is 54.1 Å². The van der Waals surface area contributed by atoms with Crippen LogP contribution in [-0.2, 0) is 9.59 Å². The monoisotopic (exact) mass is 536 g/mol. The van der Waals surface area contributed by atoms with Gasteiger partial charge in [-0.1, -0.05) is 29.6 Å². The van der Waals surface area contributed by atoms with E-state index in [1.165, 1.54) is 30.3 Å². The number of phenols is 2. The molecular weight excluding hydrogens is 511 g/mol. The first-order valence-electron chi connectivity index (χ1n) is 11.2. The Bertz CT molecular complexity index is 1190. The van der Waals surface area contributed by atoms with E-state index in [0.29, 0.717) is 12.2 Å². The van der Waals surface area contributed by atoms with Crippen molar-refractivity contribution < 1.29 is 29.7 Å². The van der Waals surface area contributed by atoms with Crippen LogP contribution in [0, 0.1) is 0 Å². The number of aromatic hydroxyl groups is 2. The summed E-state index contributed by atoms with van der Waals surface area (Å²) in [5.41, 5.74) is 0.626. The number of amides is 2. The first-order valence-corrected chi connectivity index (χ1v) is 12.0. The molecule has 2 aromatic carbocycles. The van der Waals surface area contributed by atoms with Crippen molar-refractivity contribution in [1.82, 2.24) is 10.6 Å². The molecule has 10 nitrogen and oxygen atoms in total. The molecule has 0 aromatic heterocycles. The number of nitrogens with one attached hydrogen (secondary N) is 3. The molecule has 1 aliphatic rings. The highest BCUT2D eigenvalue weighted by atomic mass is 35.5. The van der Waals surface area contributed by atoms with E-state index >= 15 is 0 Å². The SMILES string of the molecule is O=C(O)CC(NC(=O)CNC(=O)c1cc(O)cc(NC2=NCCCCC2)c1)c1cc(Cl)cc(Cl)c1O. The summed E-state index contributed by atoms with van der Waals surface area (Å²) >= 11 is 11.9. The summed E-state index contributed by atoms with van der Waals surface area (Å²) in [6, 6.07) is 5.68. The Kier molecular flexibility index (Phi) is 9.38. The molecule has 0 aliphatic carbocycles. The summed E-state index contributed by atoms with van der Waals surface area (Å²) in [4.78, 5) is 40.9. The molecule has 6 N–H and O–H groups in total. The highest BCUT2D eigenvalue weighted by molar-refractivity contribution is 6.35. The predicted octanol–water partition coefficient (Wildman–Crippen LogP) is 3.85. The zero-order valence-electron chi connectivity index (χ0n) is 19.2. The second-order valence-electron chi connectivity index (χ2n) is 8.26. The lowest BCUT2D eigenvalue weighted by molar-refractivity contribution is -0.137. The normalized spacial score (nSPS) is 14.2. The number of halogens is 2. The quantitative estimate of drug-likeness (QED) is 0.298. The molecule has 1 atom stereocenters. The van der Waals surface area contributed by atoms with Crippen LogP contribution in [-0.4, -0.2) is 52.0 Å². The third-order valence-electron chi connectivity index (χ3n) is 5.40. The number of carbonyl (C=O) groups excluding carboxylic acids is 2. The minimum Gasteiger partial charge on any atom is -0.508 e. The molecule has 1 heterocycles. The van der Waals surface area contributed by atoms with Crippen molar-refractivity contribution in [3.63, 3.8) is 0 Å². The molecule has 12 heteroatoms. The van der Waals surface area contributed by atoms with E-state index in [2.05, 4.69) is 20.9 Å².